The number of hydrogen-bond donors (Lipinski definition) is 1. The van der Waals surface area contributed by atoms with Gasteiger partial charge in [-0.15, -0.1) is 0 Å². The largest absolute Gasteiger partial charge is 0.379 e. The molecule has 0 spiro atoms. The molecule has 0 unspecified atom stereocenters. The van der Waals surface area contributed by atoms with E-state index in [1.165, 1.54) is 5.56 Å². The van der Waals surface area contributed by atoms with Gasteiger partial charge < -0.3 is 10.2 Å². The SMILES string of the molecule is CN(C)Cc1cccc(NCc2cccc(Br)n2)c1. The van der Waals surface area contributed by atoms with Crippen LogP contribution in [0.4, 0.5) is 5.69 Å². The van der Waals surface area contributed by atoms with Gasteiger partial charge in [0.05, 0.1) is 12.2 Å². The maximum absolute atomic E-state index is 4.40. The van der Waals surface area contributed by atoms with Crippen molar-refractivity contribution in [1.29, 1.82) is 0 Å². The van der Waals surface area contributed by atoms with Gasteiger partial charge in [0.25, 0.3) is 0 Å². The van der Waals surface area contributed by atoms with Crippen LogP contribution in [0.2, 0.25) is 0 Å². The molecule has 0 aliphatic heterocycles. The first-order valence-corrected chi connectivity index (χ1v) is 7.02. The molecule has 2 rings (SSSR count). The van der Waals surface area contributed by atoms with Crippen molar-refractivity contribution >= 4 is 21.6 Å². The third-order valence-corrected chi connectivity index (χ3v) is 3.11. The molecular weight excluding hydrogens is 302 g/mol. The Labute approximate surface area is 122 Å². The second kappa shape index (κ2) is 6.68. The molecule has 0 saturated heterocycles. The molecule has 0 amide bonds. The summed E-state index contributed by atoms with van der Waals surface area (Å²) in [4.78, 5) is 6.57. The summed E-state index contributed by atoms with van der Waals surface area (Å²) in [6.07, 6.45) is 0. The highest BCUT2D eigenvalue weighted by Crippen LogP contribution is 2.13. The molecule has 19 heavy (non-hydrogen) atoms. The maximum Gasteiger partial charge on any atom is 0.106 e. The van der Waals surface area contributed by atoms with Crippen molar-refractivity contribution < 1.29 is 0 Å². The minimum absolute atomic E-state index is 0.727. The van der Waals surface area contributed by atoms with Gasteiger partial charge in [-0.05, 0) is 59.9 Å². The summed E-state index contributed by atoms with van der Waals surface area (Å²) in [6, 6.07) is 14.4. The fourth-order valence-corrected chi connectivity index (χ4v) is 2.27. The number of nitrogens with one attached hydrogen (secondary N) is 1. The van der Waals surface area contributed by atoms with Gasteiger partial charge in [0, 0.05) is 12.2 Å². The summed E-state index contributed by atoms with van der Waals surface area (Å²) >= 11 is 3.38. The number of hydrogen-bond acceptors (Lipinski definition) is 3. The summed E-state index contributed by atoms with van der Waals surface area (Å²) in [6.45, 7) is 1.68. The van der Waals surface area contributed by atoms with Crippen molar-refractivity contribution in [3.63, 3.8) is 0 Å². The molecule has 0 aliphatic carbocycles. The van der Waals surface area contributed by atoms with Crippen LogP contribution >= 0.6 is 15.9 Å². The number of nitrogens with zero attached hydrogens (tertiary/aromatic N) is 2. The van der Waals surface area contributed by atoms with E-state index in [1.54, 1.807) is 0 Å². The Kier molecular flexibility index (Phi) is 4.93. The lowest BCUT2D eigenvalue weighted by Crippen LogP contribution is -2.10. The number of anilines is 1. The molecule has 4 heteroatoms. The maximum atomic E-state index is 4.40. The van der Waals surface area contributed by atoms with Gasteiger partial charge in [-0.2, -0.15) is 0 Å². The van der Waals surface area contributed by atoms with Gasteiger partial charge in [-0.25, -0.2) is 4.98 Å². The van der Waals surface area contributed by atoms with E-state index in [0.717, 1.165) is 29.1 Å². The summed E-state index contributed by atoms with van der Waals surface area (Å²) in [5.41, 5.74) is 3.45. The molecule has 1 heterocycles. The fraction of sp³-hybridized carbons (Fsp3) is 0.267. The number of rotatable bonds is 5. The van der Waals surface area contributed by atoms with Gasteiger partial charge >= 0.3 is 0 Å². The Balaban J connectivity index is 1.99. The molecule has 0 saturated carbocycles. The van der Waals surface area contributed by atoms with Crippen LogP contribution < -0.4 is 5.32 Å². The predicted octanol–water partition coefficient (Wildman–Crippen LogP) is 3.52. The Bertz CT molecular complexity index is 540. The first-order valence-electron chi connectivity index (χ1n) is 6.22. The summed E-state index contributed by atoms with van der Waals surface area (Å²) < 4.78 is 0.869. The molecule has 1 N–H and O–H groups in total. The standard InChI is InChI=1S/C15H18BrN3/c1-19(2)11-12-5-3-6-13(9-12)17-10-14-7-4-8-15(16)18-14/h3-9,17H,10-11H2,1-2H3. The normalized spacial score (nSPS) is 10.7. The van der Waals surface area contributed by atoms with Crippen LogP contribution in [0.25, 0.3) is 0 Å². The van der Waals surface area contributed by atoms with Crippen LogP contribution in [0.5, 0.6) is 0 Å². The van der Waals surface area contributed by atoms with Crippen molar-refractivity contribution in [3.05, 3.63) is 58.3 Å². The quantitative estimate of drug-likeness (QED) is 0.855. The van der Waals surface area contributed by atoms with E-state index in [0.29, 0.717) is 0 Å². The van der Waals surface area contributed by atoms with Gasteiger partial charge in [0.1, 0.15) is 4.60 Å². The molecule has 0 fully saturated rings. The minimum atomic E-state index is 0.727. The highest BCUT2D eigenvalue weighted by molar-refractivity contribution is 9.10. The molecule has 1 aromatic heterocycles. The Morgan fingerprint density at radius 2 is 1.95 bits per heavy atom. The van der Waals surface area contributed by atoms with E-state index in [9.17, 15) is 0 Å². The van der Waals surface area contributed by atoms with Crippen molar-refractivity contribution in [2.45, 2.75) is 13.1 Å². The van der Waals surface area contributed by atoms with E-state index in [1.807, 2.05) is 18.2 Å². The Hall–Kier alpha value is -1.39. The van der Waals surface area contributed by atoms with Gasteiger partial charge in [-0.3, -0.25) is 0 Å². The summed E-state index contributed by atoms with van der Waals surface area (Å²) in [7, 11) is 4.15. The van der Waals surface area contributed by atoms with Crippen LogP contribution in [0.1, 0.15) is 11.3 Å². The van der Waals surface area contributed by atoms with E-state index < -0.39 is 0 Å². The first kappa shape index (κ1) is 14.0. The van der Waals surface area contributed by atoms with Crippen LogP contribution in [0.15, 0.2) is 47.1 Å². The second-order valence-electron chi connectivity index (χ2n) is 4.74. The van der Waals surface area contributed by atoms with Crippen molar-refractivity contribution in [2.75, 3.05) is 19.4 Å². The fourth-order valence-electron chi connectivity index (χ4n) is 1.89. The monoisotopic (exact) mass is 319 g/mol. The third-order valence-electron chi connectivity index (χ3n) is 2.67. The van der Waals surface area contributed by atoms with Crippen LogP contribution in [0.3, 0.4) is 0 Å². The lowest BCUT2D eigenvalue weighted by atomic mass is 10.2. The highest BCUT2D eigenvalue weighted by Gasteiger charge is 1.99. The average Bonchev–Trinajstić information content (AvgIpc) is 2.36. The number of benzene rings is 1. The third kappa shape index (κ3) is 4.65. The van der Waals surface area contributed by atoms with E-state index in [2.05, 4.69) is 69.5 Å². The lowest BCUT2D eigenvalue weighted by Gasteiger charge is -2.12. The number of halogens is 1. The smallest absolute Gasteiger partial charge is 0.106 e. The zero-order valence-electron chi connectivity index (χ0n) is 11.2. The van der Waals surface area contributed by atoms with Gasteiger partial charge in [-0.1, -0.05) is 18.2 Å². The molecule has 100 valence electrons. The van der Waals surface area contributed by atoms with Crippen LogP contribution in [-0.2, 0) is 13.1 Å². The molecular formula is C15H18BrN3. The zero-order chi connectivity index (χ0) is 13.7. The summed E-state index contributed by atoms with van der Waals surface area (Å²) in [5.74, 6) is 0. The van der Waals surface area contributed by atoms with Gasteiger partial charge in [0.15, 0.2) is 0 Å². The number of aromatic nitrogens is 1. The Morgan fingerprint density at radius 1 is 1.16 bits per heavy atom. The zero-order valence-corrected chi connectivity index (χ0v) is 12.8. The molecule has 0 atom stereocenters. The summed E-state index contributed by atoms with van der Waals surface area (Å²) in [5, 5.41) is 3.40. The van der Waals surface area contributed by atoms with Crippen LogP contribution in [0, 0.1) is 0 Å². The first-order chi connectivity index (χ1) is 9.13. The van der Waals surface area contributed by atoms with Crippen molar-refractivity contribution in [1.82, 2.24) is 9.88 Å². The second-order valence-corrected chi connectivity index (χ2v) is 5.56. The predicted molar refractivity (Wildman–Crippen MR) is 83.1 cm³/mol. The topological polar surface area (TPSA) is 28.2 Å². The molecule has 2 aromatic rings. The van der Waals surface area contributed by atoms with E-state index in [-0.39, 0.29) is 0 Å². The molecule has 0 aliphatic rings. The van der Waals surface area contributed by atoms with Crippen molar-refractivity contribution in [3.8, 4) is 0 Å². The molecule has 0 bridgehead atoms. The number of pyridine rings is 1. The van der Waals surface area contributed by atoms with E-state index in [4.69, 9.17) is 0 Å². The highest BCUT2D eigenvalue weighted by atomic mass is 79.9. The lowest BCUT2D eigenvalue weighted by molar-refractivity contribution is 0.402. The molecule has 3 nitrogen and oxygen atoms in total. The van der Waals surface area contributed by atoms with Crippen molar-refractivity contribution in [2.24, 2.45) is 0 Å². The van der Waals surface area contributed by atoms with Gasteiger partial charge in [0.2, 0.25) is 0 Å². The Morgan fingerprint density at radius 3 is 2.68 bits per heavy atom. The van der Waals surface area contributed by atoms with Crippen LogP contribution in [-0.4, -0.2) is 24.0 Å². The molecule has 0 radical (unpaired) electrons. The minimum Gasteiger partial charge on any atom is -0.379 e. The molecule has 1 aromatic carbocycles. The average molecular weight is 320 g/mol. The van der Waals surface area contributed by atoms with E-state index >= 15 is 0 Å².